The first-order chi connectivity index (χ1) is 11.3. The van der Waals surface area contributed by atoms with Crippen LogP contribution in [0.15, 0.2) is 35.4 Å². The molecular formula is C19H17N3S. The lowest BCUT2D eigenvalue weighted by Gasteiger charge is -2.22. The summed E-state index contributed by atoms with van der Waals surface area (Å²) in [5.74, 6) is 0.672. The van der Waals surface area contributed by atoms with E-state index in [9.17, 15) is 5.26 Å². The molecule has 0 saturated carbocycles. The Balaban J connectivity index is 2.14. The van der Waals surface area contributed by atoms with Crippen molar-refractivity contribution in [3.8, 4) is 23.4 Å². The molecule has 0 atom stereocenters. The number of nitrogens with zero attached hydrogens (tertiary/aromatic N) is 3. The highest BCUT2D eigenvalue weighted by Crippen LogP contribution is 2.36. The lowest BCUT2D eigenvalue weighted by atomic mass is 9.86. The average Bonchev–Trinajstić information content (AvgIpc) is 2.62. The largest absolute Gasteiger partial charge is 0.240 e. The Labute approximate surface area is 141 Å². The van der Waals surface area contributed by atoms with Crippen LogP contribution in [-0.4, -0.2) is 10.7 Å². The molecule has 0 N–H and O–H groups in total. The van der Waals surface area contributed by atoms with E-state index in [4.69, 9.17) is 10.2 Å². The second kappa shape index (κ2) is 7.31. The Bertz CT molecular complexity index is 785. The molecule has 0 amide bonds. The fraction of sp³-hybridized carbons (Fsp3) is 0.316. The van der Waals surface area contributed by atoms with Crippen LogP contribution < -0.4 is 0 Å². The second-order valence-corrected chi connectivity index (χ2v) is 6.62. The second-order valence-electron chi connectivity index (χ2n) is 5.54. The fourth-order valence-corrected chi connectivity index (χ4v) is 3.90. The Morgan fingerprint density at radius 2 is 1.78 bits per heavy atom. The van der Waals surface area contributed by atoms with Gasteiger partial charge in [-0.05, 0) is 36.8 Å². The highest BCUT2D eigenvalue weighted by Gasteiger charge is 2.22. The van der Waals surface area contributed by atoms with Gasteiger partial charge in [0.15, 0.2) is 0 Å². The lowest BCUT2D eigenvalue weighted by molar-refractivity contribution is 0.677. The summed E-state index contributed by atoms with van der Waals surface area (Å²) in [4.78, 5) is 4.83. The predicted molar refractivity (Wildman–Crippen MR) is 92.0 cm³/mol. The summed E-state index contributed by atoms with van der Waals surface area (Å²) >= 11 is 1.52. The monoisotopic (exact) mass is 319 g/mol. The third-order valence-electron chi connectivity index (χ3n) is 4.09. The van der Waals surface area contributed by atoms with E-state index in [1.54, 1.807) is 0 Å². The minimum Gasteiger partial charge on any atom is -0.240 e. The molecule has 0 fully saturated rings. The van der Waals surface area contributed by atoms with E-state index in [0.29, 0.717) is 12.2 Å². The van der Waals surface area contributed by atoms with E-state index in [1.807, 2.05) is 18.2 Å². The maximum atomic E-state index is 9.62. The first-order valence-electron chi connectivity index (χ1n) is 7.86. The molecule has 0 radical (unpaired) electrons. The van der Waals surface area contributed by atoms with Crippen molar-refractivity contribution in [1.29, 1.82) is 10.5 Å². The first kappa shape index (κ1) is 15.6. The van der Waals surface area contributed by atoms with Gasteiger partial charge in [0.1, 0.15) is 11.1 Å². The van der Waals surface area contributed by atoms with Gasteiger partial charge in [0.25, 0.3) is 0 Å². The number of hydrogen-bond acceptors (Lipinski definition) is 4. The van der Waals surface area contributed by atoms with E-state index >= 15 is 0 Å². The van der Waals surface area contributed by atoms with Gasteiger partial charge < -0.3 is 0 Å². The van der Waals surface area contributed by atoms with E-state index in [0.717, 1.165) is 47.5 Å². The highest BCUT2D eigenvalue weighted by molar-refractivity contribution is 7.99. The van der Waals surface area contributed by atoms with E-state index in [1.165, 1.54) is 22.9 Å². The summed E-state index contributed by atoms with van der Waals surface area (Å²) in [7, 11) is 0. The van der Waals surface area contributed by atoms with Crippen LogP contribution in [0.2, 0.25) is 0 Å². The molecule has 1 aromatic carbocycles. The highest BCUT2D eigenvalue weighted by atomic mass is 32.2. The van der Waals surface area contributed by atoms with Crippen LogP contribution in [-0.2, 0) is 12.8 Å². The van der Waals surface area contributed by atoms with Crippen LogP contribution in [0.25, 0.3) is 11.3 Å². The maximum Gasteiger partial charge on any atom is 0.115 e. The maximum absolute atomic E-state index is 9.62. The number of nitriles is 2. The van der Waals surface area contributed by atoms with Crippen LogP contribution in [0.5, 0.6) is 0 Å². The van der Waals surface area contributed by atoms with Gasteiger partial charge in [-0.15, -0.1) is 11.8 Å². The van der Waals surface area contributed by atoms with E-state index in [2.05, 4.69) is 24.3 Å². The zero-order valence-electron chi connectivity index (χ0n) is 12.9. The summed E-state index contributed by atoms with van der Waals surface area (Å²) in [6.07, 6.45) is 4.69. The van der Waals surface area contributed by atoms with Crippen LogP contribution in [0.1, 0.15) is 36.0 Å². The number of thioether (sulfide) groups is 1. The van der Waals surface area contributed by atoms with E-state index in [-0.39, 0.29) is 0 Å². The number of pyridine rings is 1. The first-order valence-corrected chi connectivity index (χ1v) is 8.84. The topological polar surface area (TPSA) is 60.5 Å². The standard InChI is InChI=1S/C19H17N3S/c20-11-6-12-23-19-17(13-21)15-9-4-5-10-16(15)18(22-19)14-7-2-1-3-8-14/h1-3,7-8H,4-6,9-10,12H2. The number of benzene rings is 1. The summed E-state index contributed by atoms with van der Waals surface area (Å²) in [6.45, 7) is 0. The summed E-state index contributed by atoms with van der Waals surface area (Å²) in [5, 5.41) is 19.2. The third kappa shape index (κ3) is 3.23. The van der Waals surface area contributed by atoms with Crippen molar-refractivity contribution < 1.29 is 0 Å². The zero-order valence-corrected chi connectivity index (χ0v) is 13.7. The summed E-state index contributed by atoms with van der Waals surface area (Å²) in [6, 6.07) is 14.7. The van der Waals surface area contributed by atoms with Gasteiger partial charge >= 0.3 is 0 Å². The zero-order chi connectivity index (χ0) is 16.1. The molecule has 0 bridgehead atoms. The molecule has 114 valence electrons. The van der Waals surface area contributed by atoms with Crippen molar-refractivity contribution in [2.75, 3.05) is 5.75 Å². The normalized spacial score (nSPS) is 13.0. The Morgan fingerprint density at radius 1 is 1.04 bits per heavy atom. The molecule has 3 rings (SSSR count). The van der Waals surface area contributed by atoms with Crippen molar-refractivity contribution in [3.63, 3.8) is 0 Å². The smallest absolute Gasteiger partial charge is 0.115 e. The molecule has 4 heteroatoms. The average molecular weight is 319 g/mol. The molecule has 0 unspecified atom stereocenters. The van der Waals surface area contributed by atoms with Gasteiger partial charge in [0.2, 0.25) is 0 Å². The van der Waals surface area contributed by atoms with Gasteiger partial charge in [-0.25, -0.2) is 4.98 Å². The lowest BCUT2D eigenvalue weighted by Crippen LogP contribution is -2.10. The molecular weight excluding hydrogens is 302 g/mol. The number of fused-ring (bicyclic) bond motifs is 1. The molecule has 1 aliphatic carbocycles. The van der Waals surface area contributed by atoms with Gasteiger partial charge in [0.05, 0.1) is 17.3 Å². The molecule has 0 saturated heterocycles. The molecule has 3 nitrogen and oxygen atoms in total. The van der Waals surface area contributed by atoms with Crippen molar-refractivity contribution >= 4 is 11.8 Å². The Kier molecular flexibility index (Phi) is 4.95. The fourth-order valence-electron chi connectivity index (χ4n) is 3.04. The van der Waals surface area contributed by atoms with Crippen molar-refractivity contribution in [2.45, 2.75) is 37.1 Å². The van der Waals surface area contributed by atoms with Crippen molar-refractivity contribution in [3.05, 3.63) is 47.0 Å². The quantitative estimate of drug-likeness (QED) is 0.614. The van der Waals surface area contributed by atoms with Gasteiger partial charge in [-0.3, -0.25) is 0 Å². The van der Waals surface area contributed by atoms with Crippen LogP contribution in [0.3, 0.4) is 0 Å². The molecule has 1 aliphatic rings. The van der Waals surface area contributed by atoms with Crippen molar-refractivity contribution in [2.24, 2.45) is 0 Å². The van der Waals surface area contributed by atoms with Gasteiger partial charge in [-0.2, -0.15) is 10.5 Å². The van der Waals surface area contributed by atoms with Crippen molar-refractivity contribution in [1.82, 2.24) is 4.98 Å². The number of aromatic nitrogens is 1. The third-order valence-corrected chi connectivity index (χ3v) is 5.07. The summed E-state index contributed by atoms with van der Waals surface area (Å²) in [5.41, 5.74) is 5.26. The van der Waals surface area contributed by atoms with Crippen LogP contribution >= 0.6 is 11.8 Å². The minimum atomic E-state index is 0.467. The Hall–Kier alpha value is -2.30. The number of hydrogen-bond donors (Lipinski definition) is 0. The Morgan fingerprint density at radius 3 is 2.48 bits per heavy atom. The SMILES string of the molecule is N#CCCSc1nc(-c2ccccc2)c2c(c1C#N)CCCC2. The van der Waals surface area contributed by atoms with Crippen LogP contribution in [0, 0.1) is 22.7 Å². The molecule has 0 spiro atoms. The van der Waals surface area contributed by atoms with E-state index < -0.39 is 0 Å². The molecule has 1 aromatic heterocycles. The molecule has 0 aliphatic heterocycles. The molecule has 1 heterocycles. The summed E-state index contributed by atoms with van der Waals surface area (Å²) < 4.78 is 0. The van der Waals surface area contributed by atoms with Gasteiger partial charge in [0, 0.05) is 17.7 Å². The number of rotatable bonds is 4. The molecule has 2 aromatic rings. The molecule has 23 heavy (non-hydrogen) atoms. The predicted octanol–water partition coefficient (Wildman–Crippen LogP) is 4.50. The van der Waals surface area contributed by atoms with Gasteiger partial charge in [-0.1, -0.05) is 30.3 Å². The minimum absolute atomic E-state index is 0.467. The van der Waals surface area contributed by atoms with Crippen LogP contribution in [0.4, 0.5) is 0 Å².